The molecule has 0 spiro atoms. The smallest absolute Gasteiger partial charge is 0.311 e. The van der Waals surface area contributed by atoms with Gasteiger partial charge in [-0.05, 0) is 73.8 Å². The second-order valence-electron chi connectivity index (χ2n) is 9.87. The van der Waals surface area contributed by atoms with Gasteiger partial charge in [0.1, 0.15) is 11.6 Å². The summed E-state index contributed by atoms with van der Waals surface area (Å²) >= 11 is 0. The van der Waals surface area contributed by atoms with Gasteiger partial charge >= 0.3 is 5.97 Å². The fourth-order valence-electron chi connectivity index (χ4n) is 5.87. The number of benzene rings is 1. The minimum absolute atomic E-state index is 0.228. The molecule has 0 saturated heterocycles. The van der Waals surface area contributed by atoms with Gasteiger partial charge in [-0.1, -0.05) is 64.9 Å². The van der Waals surface area contributed by atoms with Crippen LogP contribution in [0, 0.1) is 29.5 Å². The summed E-state index contributed by atoms with van der Waals surface area (Å²) in [6.45, 7) is 4.34. The van der Waals surface area contributed by atoms with E-state index in [0.717, 1.165) is 30.6 Å². The predicted octanol–water partition coefficient (Wildman–Crippen LogP) is 7.88. The number of esters is 1. The minimum Gasteiger partial charge on any atom is -0.426 e. The van der Waals surface area contributed by atoms with E-state index in [2.05, 4.69) is 6.92 Å². The lowest BCUT2D eigenvalue weighted by molar-refractivity contribution is -0.134. The molecule has 3 heteroatoms. The zero-order valence-electron chi connectivity index (χ0n) is 19.1. The van der Waals surface area contributed by atoms with Crippen molar-refractivity contribution in [1.82, 2.24) is 0 Å². The van der Waals surface area contributed by atoms with Crippen molar-refractivity contribution in [3.05, 3.63) is 29.6 Å². The largest absolute Gasteiger partial charge is 0.426 e. The molecule has 2 fully saturated rings. The molecule has 0 bridgehead atoms. The number of carbonyl (C=O) groups excluding carboxylic acids is 1. The van der Waals surface area contributed by atoms with Crippen molar-refractivity contribution >= 4 is 5.97 Å². The molecule has 0 aliphatic heterocycles. The molecule has 0 aromatic heterocycles. The Morgan fingerprint density at radius 1 is 0.900 bits per heavy atom. The van der Waals surface area contributed by atoms with Crippen molar-refractivity contribution in [2.24, 2.45) is 23.7 Å². The second kappa shape index (κ2) is 11.9. The lowest BCUT2D eigenvalue weighted by Crippen LogP contribution is -2.26. The Labute approximate surface area is 183 Å². The molecule has 0 heterocycles. The lowest BCUT2D eigenvalue weighted by Gasteiger charge is -2.38. The molecule has 0 atom stereocenters. The van der Waals surface area contributed by atoms with Crippen LogP contribution in [0.15, 0.2) is 18.2 Å². The third-order valence-corrected chi connectivity index (χ3v) is 7.68. The summed E-state index contributed by atoms with van der Waals surface area (Å²) in [6.07, 6.45) is 16.7. The fraction of sp³-hybridized carbons (Fsp3) is 0.741. The van der Waals surface area contributed by atoms with Crippen molar-refractivity contribution in [3.63, 3.8) is 0 Å². The molecule has 168 valence electrons. The first-order valence-corrected chi connectivity index (χ1v) is 12.6. The van der Waals surface area contributed by atoms with E-state index in [0.29, 0.717) is 30.1 Å². The third-order valence-electron chi connectivity index (χ3n) is 7.68. The molecule has 1 aromatic rings. The van der Waals surface area contributed by atoms with Crippen LogP contribution in [0.1, 0.15) is 103 Å². The van der Waals surface area contributed by atoms with Crippen LogP contribution >= 0.6 is 0 Å². The van der Waals surface area contributed by atoms with Gasteiger partial charge < -0.3 is 4.74 Å². The van der Waals surface area contributed by atoms with Crippen LogP contribution in [0.3, 0.4) is 0 Å². The summed E-state index contributed by atoms with van der Waals surface area (Å²) in [4.78, 5) is 12.2. The van der Waals surface area contributed by atoms with Crippen molar-refractivity contribution in [3.8, 4) is 5.75 Å². The molecular weight excluding hydrogens is 375 g/mol. The Morgan fingerprint density at radius 3 is 2.03 bits per heavy atom. The van der Waals surface area contributed by atoms with E-state index in [1.165, 1.54) is 70.3 Å². The lowest BCUT2D eigenvalue weighted by atomic mass is 9.68. The van der Waals surface area contributed by atoms with Crippen LogP contribution in [-0.4, -0.2) is 5.97 Å². The van der Waals surface area contributed by atoms with Crippen molar-refractivity contribution < 1.29 is 13.9 Å². The van der Waals surface area contributed by atoms with Gasteiger partial charge in [0.2, 0.25) is 0 Å². The molecule has 3 rings (SSSR count). The summed E-state index contributed by atoms with van der Waals surface area (Å²) < 4.78 is 19.4. The van der Waals surface area contributed by atoms with Gasteiger partial charge in [-0.3, -0.25) is 4.79 Å². The third kappa shape index (κ3) is 6.82. The number of aryl methyl sites for hydroxylation is 1. The number of hydrogen-bond donors (Lipinski definition) is 0. The van der Waals surface area contributed by atoms with Crippen LogP contribution in [0.2, 0.25) is 0 Å². The van der Waals surface area contributed by atoms with Crippen LogP contribution in [0.4, 0.5) is 4.39 Å². The SMILES string of the molecule is CCCc1ccc(OC(=O)CCC2CCC(C3CCC(CCC)CC3)CC2)cc1F. The number of ether oxygens (including phenoxy) is 1. The number of carbonyl (C=O) groups is 1. The zero-order chi connectivity index (χ0) is 21.3. The van der Waals surface area contributed by atoms with Crippen LogP contribution in [0.5, 0.6) is 5.75 Å². The highest BCUT2D eigenvalue weighted by atomic mass is 19.1. The molecule has 1 aromatic carbocycles. The molecular formula is C27H41FO2. The van der Waals surface area contributed by atoms with Crippen molar-refractivity contribution in [2.75, 3.05) is 0 Å². The van der Waals surface area contributed by atoms with Crippen LogP contribution in [-0.2, 0) is 11.2 Å². The number of halogens is 1. The molecule has 0 unspecified atom stereocenters. The maximum absolute atomic E-state index is 14.0. The first-order valence-electron chi connectivity index (χ1n) is 12.6. The highest BCUT2D eigenvalue weighted by Crippen LogP contribution is 2.43. The summed E-state index contributed by atoms with van der Waals surface area (Å²) in [5, 5.41) is 0. The average molecular weight is 417 g/mol. The fourth-order valence-corrected chi connectivity index (χ4v) is 5.87. The van der Waals surface area contributed by atoms with Crippen LogP contribution < -0.4 is 4.74 Å². The maximum Gasteiger partial charge on any atom is 0.311 e. The number of rotatable bonds is 9. The van der Waals surface area contributed by atoms with E-state index in [1.54, 1.807) is 12.1 Å². The van der Waals surface area contributed by atoms with Crippen molar-refractivity contribution in [2.45, 2.75) is 104 Å². The maximum atomic E-state index is 14.0. The molecule has 0 radical (unpaired) electrons. The highest BCUT2D eigenvalue weighted by Gasteiger charge is 2.30. The van der Waals surface area contributed by atoms with E-state index in [4.69, 9.17) is 4.74 Å². The summed E-state index contributed by atoms with van der Waals surface area (Å²) in [5.41, 5.74) is 0.688. The van der Waals surface area contributed by atoms with Gasteiger partial charge in [-0.15, -0.1) is 0 Å². The minimum atomic E-state index is -0.274. The Balaban J connectivity index is 1.34. The normalized spacial score (nSPS) is 27.0. The summed E-state index contributed by atoms with van der Waals surface area (Å²) in [6, 6.07) is 4.80. The summed E-state index contributed by atoms with van der Waals surface area (Å²) in [7, 11) is 0. The van der Waals surface area contributed by atoms with E-state index < -0.39 is 0 Å². The standard InChI is InChI=1S/C27H41FO2/c1-3-5-20-7-12-22(13-8-20)23-14-9-21(10-15-23)11-18-27(29)30-25-17-16-24(6-4-2)26(28)19-25/h16-17,19-23H,3-15,18H2,1-2H3. The summed E-state index contributed by atoms with van der Waals surface area (Å²) in [5.74, 6) is 3.34. The van der Waals surface area contributed by atoms with Gasteiger partial charge in [-0.2, -0.15) is 0 Å². The number of hydrogen-bond acceptors (Lipinski definition) is 2. The Bertz CT molecular complexity index is 655. The van der Waals surface area contributed by atoms with Gasteiger partial charge in [0.25, 0.3) is 0 Å². The van der Waals surface area contributed by atoms with E-state index in [-0.39, 0.29) is 11.8 Å². The Hall–Kier alpha value is -1.38. The van der Waals surface area contributed by atoms with E-state index in [1.807, 2.05) is 6.92 Å². The van der Waals surface area contributed by atoms with Gasteiger partial charge in [0.05, 0.1) is 0 Å². The highest BCUT2D eigenvalue weighted by molar-refractivity contribution is 5.72. The monoisotopic (exact) mass is 416 g/mol. The predicted molar refractivity (Wildman–Crippen MR) is 121 cm³/mol. The first-order chi connectivity index (χ1) is 14.6. The molecule has 0 N–H and O–H groups in total. The average Bonchev–Trinajstić information content (AvgIpc) is 2.75. The molecule has 2 nitrogen and oxygen atoms in total. The molecule has 2 aliphatic carbocycles. The van der Waals surface area contributed by atoms with Gasteiger partial charge in [-0.25, -0.2) is 4.39 Å². The van der Waals surface area contributed by atoms with Crippen LogP contribution in [0.25, 0.3) is 0 Å². The quantitative estimate of drug-likeness (QED) is 0.302. The molecule has 0 amide bonds. The Morgan fingerprint density at radius 2 is 1.50 bits per heavy atom. The van der Waals surface area contributed by atoms with Gasteiger partial charge in [0, 0.05) is 12.5 Å². The molecule has 2 saturated carbocycles. The van der Waals surface area contributed by atoms with Gasteiger partial charge in [0.15, 0.2) is 0 Å². The molecule has 30 heavy (non-hydrogen) atoms. The van der Waals surface area contributed by atoms with Crippen molar-refractivity contribution in [1.29, 1.82) is 0 Å². The first kappa shape index (κ1) is 23.3. The second-order valence-corrected chi connectivity index (χ2v) is 9.87. The van der Waals surface area contributed by atoms with E-state index >= 15 is 0 Å². The molecule has 2 aliphatic rings. The Kier molecular flexibility index (Phi) is 9.21. The zero-order valence-corrected chi connectivity index (χ0v) is 19.1. The van der Waals surface area contributed by atoms with E-state index in [9.17, 15) is 9.18 Å². The topological polar surface area (TPSA) is 26.3 Å².